The number of halogens is 3. The summed E-state index contributed by atoms with van der Waals surface area (Å²) in [5.74, 6) is -0.280. The minimum absolute atomic E-state index is 0.0660. The van der Waals surface area contributed by atoms with Crippen LogP contribution < -0.4 is 4.90 Å². The number of aromatic nitrogens is 5. The van der Waals surface area contributed by atoms with Crippen LogP contribution in [0, 0.1) is 13.8 Å². The lowest BCUT2D eigenvalue weighted by molar-refractivity contribution is -0.172. The van der Waals surface area contributed by atoms with Gasteiger partial charge in [0.1, 0.15) is 5.82 Å². The number of benzene rings is 1. The number of anilines is 1. The Balaban J connectivity index is 1.63. The Bertz CT molecular complexity index is 1320. The van der Waals surface area contributed by atoms with E-state index >= 15 is 0 Å². The van der Waals surface area contributed by atoms with E-state index in [2.05, 4.69) is 15.2 Å². The van der Waals surface area contributed by atoms with Gasteiger partial charge in [0, 0.05) is 18.3 Å². The van der Waals surface area contributed by atoms with Crippen LogP contribution >= 0.6 is 0 Å². The molecule has 1 amide bonds. The summed E-state index contributed by atoms with van der Waals surface area (Å²) in [6.45, 7) is 3.49. The molecule has 0 radical (unpaired) electrons. The summed E-state index contributed by atoms with van der Waals surface area (Å²) in [5, 5.41) is 9.01. The van der Waals surface area contributed by atoms with Gasteiger partial charge in [0.15, 0.2) is 11.7 Å². The first-order valence-electron chi connectivity index (χ1n) is 10.1. The van der Waals surface area contributed by atoms with Crippen molar-refractivity contribution in [3.8, 4) is 5.69 Å². The molecule has 32 heavy (non-hydrogen) atoms. The van der Waals surface area contributed by atoms with Gasteiger partial charge in [-0.25, -0.2) is 14.3 Å². The van der Waals surface area contributed by atoms with Crippen molar-refractivity contribution >= 4 is 22.8 Å². The molecule has 0 unspecified atom stereocenters. The normalized spacial score (nSPS) is 16.4. The van der Waals surface area contributed by atoms with Crippen LogP contribution in [0.2, 0.25) is 0 Å². The second-order valence-corrected chi connectivity index (χ2v) is 7.78. The molecule has 1 atom stereocenters. The maximum Gasteiger partial charge on any atom is 0.410 e. The van der Waals surface area contributed by atoms with Crippen molar-refractivity contribution in [2.24, 2.45) is 0 Å². The van der Waals surface area contributed by atoms with Crippen molar-refractivity contribution in [1.82, 2.24) is 24.5 Å². The molecule has 0 fully saturated rings. The highest BCUT2D eigenvalue weighted by Gasteiger charge is 2.46. The Morgan fingerprint density at radius 2 is 1.88 bits per heavy atom. The molecule has 0 N–H and O–H groups in total. The van der Waals surface area contributed by atoms with Crippen LogP contribution in [0.5, 0.6) is 0 Å². The number of carbonyl (C=O) groups excluding carboxylic acids is 1. The van der Waals surface area contributed by atoms with Crippen molar-refractivity contribution in [3.63, 3.8) is 0 Å². The molecule has 0 saturated carbocycles. The van der Waals surface area contributed by atoms with E-state index < -0.39 is 18.1 Å². The third-order valence-corrected chi connectivity index (χ3v) is 5.64. The first kappa shape index (κ1) is 20.2. The lowest BCUT2D eigenvalue weighted by Gasteiger charge is -2.34. The molecule has 0 spiro atoms. The number of nitrogens with zero attached hydrogens (tertiary/aromatic N) is 6. The number of para-hydroxylation sites is 1. The molecule has 0 saturated heterocycles. The second-order valence-electron chi connectivity index (χ2n) is 7.78. The number of hydrogen-bond acceptors (Lipinski definition) is 4. The average Bonchev–Trinajstić information content (AvgIpc) is 3.37. The maximum absolute atomic E-state index is 13.6. The van der Waals surface area contributed by atoms with Gasteiger partial charge in [-0.2, -0.15) is 23.4 Å². The molecular formula is C22H19F3N6O. The van der Waals surface area contributed by atoms with Gasteiger partial charge in [-0.1, -0.05) is 18.2 Å². The molecule has 10 heteroatoms. The molecular weight excluding hydrogens is 421 g/mol. The highest BCUT2D eigenvalue weighted by molar-refractivity contribution is 6.13. The van der Waals surface area contributed by atoms with Gasteiger partial charge in [-0.3, -0.25) is 9.69 Å². The molecule has 3 aromatic heterocycles. The number of pyridine rings is 1. The monoisotopic (exact) mass is 440 g/mol. The summed E-state index contributed by atoms with van der Waals surface area (Å²) in [7, 11) is 0. The average molecular weight is 440 g/mol. The topological polar surface area (TPSA) is 68.8 Å². The van der Waals surface area contributed by atoms with Crippen molar-refractivity contribution in [2.45, 2.75) is 32.5 Å². The Labute approximate surface area is 181 Å². The summed E-state index contributed by atoms with van der Waals surface area (Å²) in [5.41, 5.74) is 2.89. The lowest BCUT2D eigenvalue weighted by Crippen LogP contribution is -2.43. The Hall–Kier alpha value is -3.69. The standard InChI is InChI=1S/C22H19F3N6O/c1-13-12-16(19-14(2)28-30(20(19)27-13)15-6-4-3-5-7-15)21(32)29-11-9-17(22(23,24)25)31-18(29)8-10-26-31/h3-8,10,12,17H,9,11H2,1-2H3/t17-/m0/s1. The molecule has 1 aliphatic heterocycles. The van der Waals surface area contributed by atoms with E-state index in [-0.39, 0.29) is 18.8 Å². The molecule has 7 nitrogen and oxygen atoms in total. The van der Waals surface area contributed by atoms with Crippen LogP contribution in [0.4, 0.5) is 19.0 Å². The van der Waals surface area contributed by atoms with Crippen molar-refractivity contribution < 1.29 is 18.0 Å². The van der Waals surface area contributed by atoms with Gasteiger partial charge in [0.05, 0.1) is 28.5 Å². The van der Waals surface area contributed by atoms with Gasteiger partial charge >= 0.3 is 6.18 Å². The van der Waals surface area contributed by atoms with Crippen LogP contribution in [0.3, 0.4) is 0 Å². The van der Waals surface area contributed by atoms with E-state index in [1.54, 1.807) is 24.6 Å². The van der Waals surface area contributed by atoms with E-state index in [0.29, 0.717) is 28.0 Å². The van der Waals surface area contributed by atoms with Gasteiger partial charge in [-0.05, 0) is 38.5 Å². The van der Waals surface area contributed by atoms with E-state index in [9.17, 15) is 18.0 Å². The summed E-state index contributed by atoms with van der Waals surface area (Å²) in [6, 6.07) is 10.8. The number of amides is 1. The Morgan fingerprint density at radius 3 is 2.59 bits per heavy atom. The van der Waals surface area contributed by atoms with E-state index in [4.69, 9.17) is 0 Å². The van der Waals surface area contributed by atoms with Crippen molar-refractivity contribution in [3.05, 3.63) is 65.6 Å². The van der Waals surface area contributed by atoms with Gasteiger partial charge in [0.25, 0.3) is 5.91 Å². The van der Waals surface area contributed by atoms with Crippen molar-refractivity contribution in [1.29, 1.82) is 0 Å². The number of fused-ring (bicyclic) bond motifs is 2. The van der Waals surface area contributed by atoms with Crippen molar-refractivity contribution in [2.75, 3.05) is 11.4 Å². The fourth-order valence-corrected chi connectivity index (χ4v) is 4.23. The molecule has 4 aromatic rings. The Morgan fingerprint density at radius 1 is 1.12 bits per heavy atom. The molecule has 1 aromatic carbocycles. The fourth-order valence-electron chi connectivity index (χ4n) is 4.23. The summed E-state index contributed by atoms with van der Waals surface area (Å²) >= 11 is 0. The Kier molecular flexibility index (Phi) is 4.54. The highest BCUT2D eigenvalue weighted by Crippen LogP contribution is 2.39. The number of hydrogen-bond donors (Lipinski definition) is 0. The third-order valence-electron chi connectivity index (χ3n) is 5.64. The summed E-state index contributed by atoms with van der Waals surface area (Å²) in [4.78, 5) is 19.6. The summed E-state index contributed by atoms with van der Waals surface area (Å²) in [6.07, 6.45) is -3.42. The van der Waals surface area contributed by atoms with Gasteiger partial charge < -0.3 is 0 Å². The molecule has 0 aliphatic carbocycles. The van der Waals surface area contributed by atoms with E-state index in [0.717, 1.165) is 10.4 Å². The zero-order chi connectivity index (χ0) is 22.6. The van der Waals surface area contributed by atoms with Crippen LogP contribution in [0.25, 0.3) is 16.7 Å². The lowest BCUT2D eigenvalue weighted by atomic mass is 10.1. The molecule has 4 heterocycles. The largest absolute Gasteiger partial charge is 0.410 e. The zero-order valence-corrected chi connectivity index (χ0v) is 17.3. The third kappa shape index (κ3) is 3.14. The van der Waals surface area contributed by atoms with E-state index in [1.165, 1.54) is 17.2 Å². The SMILES string of the molecule is Cc1cc(C(=O)N2CC[C@@H](C(F)(F)F)n3nccc32)c2c(C)nn(-c3ccccc3)c2n1. The first-order chi connectivity index (χ1) is 15.3. The fraction of sp³-hybridized carbons (Fsp3) is 0.273. The zero-order valence-electron chi connectivity index (χ0n) is 17.3. The quantitative estimate of drug-likeness (QED) is 0.464. The number of alkyl halides is 3. The highest BCUT2D eigenvalue weighted by atomic mass is 19.4. The minimum atomic E-state index is -4.44. The molecule has 164 valence electrons. The number of rotatable bonds is 2. The molecule has 0 bridgehead atoms. The maximum atomic E-state index is 13.6. The molecule has 5 rings (SSSR count). The van der Waals surface area contributed by atoms with E-state index in [1.807, 2.05) is 30.3 Å². The smallest absolute Gasteiger partial charge is 0.293 e. The summed E-state index contributed by atoms with van der Waals surface area (Å²) < 4.78 is 42.9. The van der Waals surface area contributed by atoms with Crippen LogP contribution in [-0.4, -0.2) is 43.2 Å². The van der Waals surface area contributed by atoms with Crippen LogP contribution in [0.15, 0.2) is 48.7 Å². The van der Waals surface area contributed by atoms with Gasteiger partial charge in [0.2, 0.25) is 0 Å². The molecule has 1 aliphatic rings. The number of aryl methyl sites for hydroxylation is 2. The van der Waals surface area contributed by atoms with Gasteiger partial charge in [-0.15, -0.1) is 0 Å². The minimum Gasteiger partial charge on any atom is -0.293 e. The predicted molar refractivity (Wildman–Crippen MR) is 112 cm³/mol. The van der Waals surface area contributed by atoms with Crippen LogP contribution in [0.1, 0.15) is 34.2 Å². The first-order valence-corrected chi connectivity index (χ1v) is 10.1. The number of carbonyl (C=O) groups is 1. The second kappa shape index (κ2) is 7.18. The predicted octanol–water partition coefficient (Wildman–Crippen LogP) is 4.39. The van der Waals surface area contributed by atoms with Crippen LogP contribution in [-0.2, 0) is 0 Å².